The molecule has 0 radical (unpaired) electrons. The quantitative estimate of drug-likeness (QED) is 0.409. The number of esters is 1. The average molecular weight is 406 g/mol. The van der Waals surface area contributed by atoms with Crippen LogP contribution in [-0.4, -0.2) is 41.5 Å². The molecule has 29 heavy (non-hydrogen) atoms. The Morgan fingerprint density at radius 2 is 1.59 bits per heavy atom. The summed E-state index contributed by atoms with van der Waals surface area (Å²) in [6.07, 6.45) is -3.02. The molecule has 0 aliphatic rings. The van der Waals surface area contributed by atoms with Crippen LogP contribution in [-0.2, 0) is 20.9 Å². The number of nitrogens with two attached hydrogens (primary N) is 2. The smallest absolute Gasteiger partial charge is 0.313 e. The standard InChI is InChI=1S/C21H24F2N2O4/c22-21(23,13-24)20(28)19(25)18(15-9-5-2-6-10-15)16(26)11-17(27)29-12-14-7-3-1-4-8-14/h1-10,18-20,28H,11-13,24-25H2. The molecule has 156 valence electrons. The van der Waals surface area contributed by atoms with E-state index < -0.39 is 48.7 Å². The fourth-order valence-electron chi connectivity index (χ4n) is 2.91. The summed E-state index contributed by atoms with van der Waals surface area (Å²) in [5.74, 6) is -6.55. The lowest BCUT2D eigenvalue weighted by atomic mass is 9.82. The normalized spacial score (nSPS) is 14.7. The van der Waals surface area contributed by atoms with Gasteiger partial charge in [0, 0.05) is 0 Å². The first-order valence-electron chi connectivity index (χ1n) is 9.05. The van der Waals surface area contributed by atoms with Crippen molar-refractivity contribution in [1.82, 2.24) is 0 Å². The number of rotatable bonds is 10. The molecule has 0 saturated heterocycles. The summed E-state index contributed by atoms with van der Waals surface area (Å²) in [4.78, 5) is 24.9. The first kappa shape index (κ1) is 22.6. The third-order valence-corrected chi connectivity index (χ3v) is 4.52. The zero-order valence-corrected chi connectivity index (χ0v) is 15.7. The highest BCUT2D eigenvalue weighted by molar-refractivity contribution is 5.99. The number of Topliss-reactive ketones (excluding diaryl/α,β-unsaturated/α-hetero) is 1. The van der Waals surface area contributed by atoms with Gasteiger partial charge in [0.25, 0.3) is 5.92 Å². The highest BCUT2D eigenvalue weighted by Gasteiger charge is 2.45. The number of ketones is 1. The second-order valence-corrected chi connectivity index (χ2v) is 6.67. The summed E-state index contributed by atoms with van der Waals surface area (Å²) >= 11 is 0. The van der Waals surface area contributed by atoms with Crippen LogP contribution in [0.4, 0.5) is 8.78 Å². The highest BCUT2D eigenvalue weighted by Crippen LogP contribution is 2.29. The average Bonchev–Trinajstić information content (AvgIpc) is 2.73. The molecule has 2 aromatic rings. The van der Waals surface area contributed by atoms with Gasteiger partial charge in [-0.2, -0.15) is 0 Å². The maximum Gasteiger partial charge on any atom is 0.313 e. The van der Waals surface area contributed by atoms with E-state index in [1.54, 1.807) is 42.5 Å². The van der Waals surface area contributed by atoms with E-state index in [9.17, 15) is 23.5 Å². The Morgan fingerprint density at radius 1 is 1.03 bits per heavy atom. The van der Waals surface area contributed by atoms with Crippen molar-refractivity contribution in [2.75, 3.05) is 6.54 Å². The Kier molecular flexibility index (Phi) is 7.95. The molecular formula is C21H24F2N2O4. The molecule has 2 rings (SSSR count). The minimum absolute atomic E-state index is 0.0249. The monoisotopic (exact) mass is 406 g/mol. The van der Waals surface area contributed by atoms with Gasteiger partial charge in [0.1, 0.15) is 19.1 Å². The number of ether oxygens (including phenoxy) is 1. The molecule has 0 aromatic heterocycles. The minimum Gasteiger partial charge on any atom is -0.460 e. The van der Waals surface area contributed by atoms with E-state index in [0.717, 1.165) is 5.56 Å². The number of carbonyl (C=O) groups excluding carboxylic acids is 2. The number of hydrogen-bond acceptors (Lipinski definition) is 6. The first-order chi connectivity index (χ1) is 13.8. The Bertz CT molecular complexity index is 803. The van der Waals surface area contributed by atoms with Crippen molar-refractivity contribution in [3.63, 3.8) is 0 Å². The van der Waals surface area contributed by atoms with Crippen molar-refractivity contribution in [2.24, 2.45) is 11.5 Å². The summed E-state index contributed by atoms with van der Waals surface area (Å²) in [5.41, 5.74) is 11.9. The lowest BCUT2D eigenvalue weighted by Gasteiger charge is -2.31. The minimum atomic E-state index is -3.68. The van der Waals surface area contributed by atoms with Gasteiger partial charge in [0.2, 0.25) is 0 Å². The number of benzene rings is 2. The highest BCUT2D eigenvalue weighted by atomic mass is 19.3. The number of aliphatic hydroxyl groups is 1. The third-order valence-electron chi connectivity index (χ3n) is 4.52. The second kappa shape index (κ2) is 10.2. The van der Waals surface area contributed by atoms with Crippen molar-refractivity contribution in [2.45, 2.75) is 37.0 Å². The van der Waals surface area contributed by atoms with E-state index in [2.05, 4.69) is 0 Å². The van der Waals surface area contributed by atoms with Crippen molar-refractivity contribution < 1.29 is 28.2 Å². The molecule has 5 N–H and O–H groups in total. The summed E-state index contributed by atoms with van der Waals surface area (Å²) in [6, 6.07) is 15.1. The van der Waals surface area contributed by atoms with Crippen molar-refractivity contribution in [1.29, 1.82) is 0 Å². The van der Waals surface area contributed by atoms with Gasteiger partial charge < -0.3 is 21.3 Å². The molecule has 3 atom stereocenters. The number of carbonyl (C=O) groups is 2. The van der Waals surface area contributed by atoms with Gasteiger partial charge in [-0.15, -0.1) is 0 Å². The lowest BCUT2D eigenvalue weighted by Crippen LogP contribution is -2.54. The predicted molar refractivity (Wildman–Crippen MR) is 103 cm³/mol. The van der Waals surface area contributed by atoms with Crippen LogP contribution in [0.2, 0.25) is 0 Å². The van der Waals surface area contributed by atoms with Gasteiger partial charge in [-0.25, -0.2) is 8.78 Å². The summed E-state index contributed by atoms with van der Waals surface area (Å²) < 4.78 is 32.8. The van der Waals surface area contributed by atoms with Crippen LogP contribution < -0.4 is 11.5 Å². The largest absolute Gasteiger partial charge is 0.460 e. The molecule has 6 nitrogen and oxygen atoms in total. The van der Waals surface area contributed by atoms with E-state index in [1.165, 1.54) is 12.1 Å². The van der Waals surface area contributed by atoms with E-state index >= 15 is 0 Å². The molecule has 0 amide bonds. The van der Waals surface area contributed by atoms with Crippen molar-refractivity contribution >= 4 is 11.8 Å². The van der Waals surface area contributed by atoms with Crippen LogP contribution in [0.3, 0.4) is 0 Å². The van der Waals surface area contributed by atoms with E-state index in [1.807, 2.05) is 6.07 Å². The molecule has 8 heteroatoms. The van der Waals surface area contributed by atoms with Crippen LogP contribution in [0.15, 0.2) is 60.7 Å². The van der Waals surface area contributed by atoms with E-state index in [-0.39, 0.29) is 6.61 Å². The molecule has 0 fully saturated rings. The Morgan fingerprint density at radius 3 is 2.14 bits per heavy atom. The van der Waals surface area contributed by atoms with Gasteiger partial charge in [-0.1, -0.05) is 60.7 Å². The molecule has 0 saturated carbocycles. The molecule has 2 aromatic carbocycles. The molecule has 0 bridgehead atoms. The SMILES string of the molecule is NCC(F)(F)C(O)C(N)C(C(=O)CC(=O)OCc1ccccc1)c1ccccc1. The number of hydrogen-bond donors (Lipinski definition) is 3. The van der Waals surface area contributed by atoms with Crippen LogP contribution in [0, 0.1) is 0 Å². The Hall–Kier alpha value is -2.68. The zero-order chi connectivity index (χ0) is 21.4. The molecular weight excluding hydrogens is 382 g/mol. The van der Waals surface area contributed by atoms with Crippen LogP contribution in [0.5, 0.6) is 0 Å². The van der Waals surface area contributed by atoms with E-state index in [4.69, 9.17) is 16.2 Å². The lowest BCUT2D eigenvalue weighted by molar-refractivity contribution is -0.148. The van der Waals surface area contributed by atoms with Crippen molar-refractivity contribution in [3.8, 4) is 0 Å². The fraction of sp³-hybridized carbons (Fsp3) is 0.333. The number of halogens is 2. The molecule has 3 unspecified atom stereocenters. The first-order valence-corrected chi connectivity index (χ1v) is 9.05. The molecule has 0 aliphatic heterocycles. The molecule has 0 aliphatic carbocycles. The summed E-state index contributed by atoms with van der Waals surface area (Å²) in [6.45, 7) is -1.15. The van der Waals surface area contributed by atoms with Gasteiger partial charge in [0.15, 0.2) is 5.78 Å². The summed E-state index contributed by atoms with van der Waals surface area (Å²) in [7, 11) is 0. The third kappa shape index (κ3) is 6.15. The zero-order valence-electron chi connectivity index (χ0n) is 15.7. The van der Waals surface area contributed by atoms with Crippen molar-refractivity contribution in [3.05, 3.63) is 71.8 Å². The number of aliphatic hydroxyl groups excluding tert-OH is 1. The Balaban J connectivity index is 2.13. The van der Waals surface area contributed by atoms with Crippen LogP contribution >= 0.6 is 0 Å². The maximum atomic E-state index is 13.8. The maximum absolute atomic E-state index is 13.8. The number of alkyl halides is 2. The molecule has 0 heterocycles. The van der Waals surface area contributed by atoms with Crippen LogP contribution in [0.25, 0.3) is 0 Å². The predicted octanol–water partition coefficient (Wildman–Crippen LogP) is 1.75. The molecule has 0 spiro atoms. The van der Waals surface area contributed by atoms with Gasteiger partial charge in [-0.05, 0) is 11.1 Å². The van der Waals surface area contributed by atoms with Crippen LogP contribution in [0.1, 0.15) is 23.5 Å². The fourth-order valence-corrected chi connectivity index (χ4v) is 2.91. The van der Waals surface area contributed by atoms with E-state index in [0.29, 0.717) is 5.56 Å². The summed E-state index contributed by atoms with van der Waals surface area (Å²) in [5, 5.41) is 9.99. The topological polar surface area (TPSA) is 116 Å². The van der Waals surface area contributed by atoms with Gasteiger partial charge >= 0.3 is 5.97 Å². The second-order valence-electron chi connectivity index (χ2n) is 6.67. The Labute approximate surface area is 167 Å². The van der Waals surface area contributed by atoms with Gasteiger partial charge in [0.05, 0.1) is 18.5 Å². The van der Waals surface area contributed by atoms with Gasteiger partial charge in [-0.3, -0.25) is 9.59 Å².